The van der Waals surface area contributed by atoms with E-state index in [0.29, 0.717) is 44.1 Å². The number of benzene rings is 2. The van der Waals surface area contributed by atoms with Crippen molar-refractivity contribution in [2.75, 3.05) is 31.2 Å². The van der Waals surface area contributed by atoms with Crippen LogP contribution in [0.15, 0.2) is 47.4 Å². The highest BCUT2D eigenvalue weighted by molar-refractivity contribution is 7.89. The predicted octanol–water partition coefficient (Wildman–Crippen LogP) is 1.86. The standard InChI is InChI=1S/C24H29N3O5S/c1-3-18-4-6-19(7-5-18)16-25-24(29)23-15-20-14-21(8-9-22(20)27(23)17(2)28)33(30,31)26-10-12-32-13-11-26/h4-9,14,23H,3,10-13,15-16H2,1-2H3,(H,25,29)/t23-/m1/s1. The summed E-state index contributed by atoms with van der Waals surface area (Å²) >= 11 is 0. The van der Waals surface area contributed by atoms with Crippen LogP contribution in [0.5, 0.6) is 0 Å². The first-order valence-corrected chi connectivity index (χ1v) is 12.6. The van der Waals surface area contributed by atoms with Crippen molar-refractivity contribution in [2.24, 2.45) is 0 Å². The second-order valence-electron chi connectivity index (χ2n) is 8.30. The topological polar surface area (TPSA) is 96.0 Å². The molecule has 1 atom stereocenters. The molecule has 1 saturated heterocycles. The molecule has 9 heteroatoms. The molecule has 8 nitrogen and oxygen atoms in total. The van der Waals surface area contributed by atoms with E-state index < -0.39 is 16.1 Å². The molecule has 2 aliphatic heterocycles. The first-order chi connectivity index (χ1) is 15.8. The van der Waals surface area contributed by atoms with E-state index >= 15 is 0 Å². The quantitative estimate of drug-likeness (QED) is 0.694. The Kier molecular flexibility index (Phi) is 6.83. The number of rotatable bonds is 6. The Labute approximate surface area is 194 Å². The van der Waals surface area contributed by atoms with Crippen LogP contribution >= 0.6 is 0 Å². The van der Waals surface area contributed by atoms with E-state index in [-0.39, 0.29) is 23.1 Å². The van der Waals surface area contributed by atoms with Crippen LogP contribution in [-0.4, -0.2) is 56.9 Å². The third-order valence-electron chi connectivity index (χ3n) is 6.18. The fourth-order valence-corrected chi connectivity index (χ4v) is 5.78. The summed E-state index contributed by atoms with van der Waals surface area (Å²) in [7, 11) is -3.66. The van der Waals surface area contributed by atoms with Crippen LogP contribution in [0, 0.1) is 0 Å². The van der Waals surface area contributed by atoms with Crippen LogP contribution in [-0.2, 0) is 43.7 Å². The normalized spacial score (nSPS) is 18.7. The lowest BCUT2D eigenvalue weighted by Gasteiger charge is -2.26. The highest BCUT2D eigenvalue weighted by Gasteiger charge is 2.38. The number of morpholine rings is 1. The number of anilines is 1. The lowest BCUT2D eigenvalue weighted by molar-refractivity contribution is -0.125. The van der Waals surface area contributed by atoms with Gasteiger partial charge in [-0.3, -0.25) is 14.5 Å². The summed E-state index contributed by atoms with van der Waals surface area (Å²) in [6.07, 6.45) is 1.21. The summed E-state index contributed by atoms with van der Waals surface area (Å²) in [6.45, 7) is 5.21. The number of ether oxygens (including phenoxy) is 1. The van der Waals surface area contributed by atoms with Gasteiger partial charge >= 0.3 is 0 Å². The maximum atomic E-state index is 13.0. The summed E-state index contributed by atoms with van der Waals surface area (Å²) in [5.74, 6) is -0.525. The molecular weight excluding hydrogens is 442 g/mol. The van der Waals surface area contributed by atoms with Gasteiger partial charge in [-0.25, -0.2) is 8.42 Å². The molecule has 0 bridgehead atoms. The van der Waals surface area contributed by atoms with Gasteiger partial charge in [-0.1, -0.05) is 31.2 Å². The maximum absolute atomic E-state index is 13.0. The third-order valence-corrected chi connectivity index (χ3v) is 8.08. The van der Waals surface area contributed by atoms with Crippen molar-refractivity contribution >= 4 is 27.5 Å². The summed E-state index contributed by atoms with van der Waals surface area (Å²) in [6, 6.07) is 12.0. The number of fused-ring (bicyclic) bond motifs is 1. The molecule has 1 N–H and O–H groups in total. The van der Waals surface area contributed by atoms with Crippen molar-refractivity contribution in [3.63, 3.8) is 0 Å². The molecule has 0 aliphatic carbocycles. The Balaban J connectivity index is 1.52. The van der Waals surface area contributed by atoms with Crippen molar-refractivity contribution in [3.05, 3.63) is 59.2 Å². The molecule has 0 unspecified atom stereocenters. The Morgan fingerprint density at radius 3 is 2.36 bits per heavy atom. The van der Waals surface area contributed by atoms with Crippen molar-refractivity contribution in [3.8, 4) is 0 Å². The van der Waals surface area contributed by atoms with E-state index in [4.69, 9.17) is 4.74 Å². The van der Waals surface area contributed by atoms with Crippen molar-refractivity contribution in [2.45, 2.75) is 44.2 Å². The molecular formula is C24H29N3O5S. The summed E-state index contributed by atoms with van der Waals surface area (Å²) in [5.41, 5.74) is 3.45. The first kappa shape index (κ1) is 23.4. The molecule has 2 heterocycles. The number of amides is 2. The minimum absolute atomic E-state index is 0.170. The van der Waals surface area contributed by atoms with Gasteiger partial charge in [-0.2, -0.15) is 4.31 Å². The predicted molar refractivity (Wildman–Crippen MR) is 124 cm³/mol. The molecule has 2 aliphatic rings. The Morgan fingerprint density at radius 2 is 1.73 bits per heavy atom. The largest absolute Gasteiger partial charge is 0.379 e. The van der Waals surface area contributed by atoms with Crippen molar-refractivity contribution < 1.29 is 22.7 Å². The Morgan fingerprint density at radius 1 is 1.06 bits per heavy atom. The van der Waals surface area contributed by atoms with Crippen LogP contribution in [0.25, 0.3) is 0 Å². The number of hydrogen-bond donors (Lipinski definition) is 1. The van der Waals surface area contributed by atoms with Gasteiger partial charge in [0.25, 0.3) is 0 Å². The van der Waals surface area contributed by atoms with Crippen molar-refractivity contribution in [1.82, 2.24) is 9.62 Å². The zero-order valence-corrected chi connectivity index (χ0v) is 19.7. The highest BCUT2D eigenvalue weighted by atomic mass is 32.2. The van der Waals surface area contributed by atoms with Gasteiger partial charge in [-0.15, -0.1) is 0 Å². The first-order valence-electron chi connectivity index (χ1n) is 11.2. The maximum Gasteiger partial charge on any atom is 0.243 e. The van der Waals surface area contributed by atoms with E-state index in [1.807, 2.05) is 24.3 Å². The number of nitrogens with one attached hydrogen (secondary N) is 1. The molecule has 2 aromatic carbocycles. The third kappa shape index (κ3) is 4.80. The second-order valence-corrected chi connectivity index (χ2v) is 10.2. The van der Waals surface area contributed by atoms with E-state index in [1.165, 1.54) is 27.8 Å². The molecule has 176 valence electrons. The average molecular weight is 472 g/mol. The number of nitrogens with zero attached hydrogens (tertiary/aromatic N) is 2. The van der Waals surface area contributed by atoms with E-state index in [0.717, 1.165) is 12.0 Å². The van der Waals surface area contributed by atoms with Crippen LogP contribution in [0.4, 0.5) is 5.69 Å². The number of sulfonamides is 1. The Hall–Kier alpha value is -2.75. The summed E-state index contributed by atoms with van der Waals surface area (Å²) in [5, 5.41) is 2.92. The molecule has 0 saturated carbocycles. The van der Waals surface area contributed by atoms with Crippen LogP contribution < -0.4 is 10.2 Å². The minimum atomic E-state index is -3.66. The van der Waals surface area contributed by atoms with Gasteiger partial charge in [0.1, 0.15) is 6.04 Å². The number of carbonyl (C=O) groups is 2. The summed E-state index contributed by atoms with van der Waals surface area (Å²) < 4.78 is 32.7. The van der Waals surface area contributed by atoms with Crippen molar-refractivity contribution in [1.29, 1.82) is 0 Å². The van der Waals surface area contributed by atoms with E-state index in [1.54, 1.807) is 12.1 Å². The zero-order chi connectivity index (χ0) is 23.6. The lowest BCUT2D eigenvalue weighted by atomic mass is 10.1. The van der Waals surface area contributed by atoms with Crippen LogP contribution in [0.3, 0.4) is 0 Å². The van der Waals surface area contributed by atoms with Gasteiger partial charge < -0.3 is 10.1 Å². The number of hydrogen-bond acceptors (Lipinski definition) is 5. The van der Waals surface area contributed by atoms with Gasteiger partial charge in [0, 0.05) is 38.7 Å². The molecule has 2 amide bonds. The van der Waals surface area contributed by atoms with E-state index in [2.05, 4.69) is 12.2 Å². The van der Waals surface area contributed by atoms with Gasteiger partial charge in [0.15, 0.2) is 0 Å². The molecule has 1 fully saturated rings. The van der Waals surface area contributed by atoms with Gasteiger partial charge in [0.2, 0.25) is 21.8 Å². The smallest absolute Gasteiger partial charge is 0.243 e. The number of carbonyl (C=O) groups excluding carboxylic acids is 2. The van der Waals surface area contributed by atoms with Crippen LogP contribution in [0.1, 0.15) is 30.5 Å². The average Bonchev–Trinajstić information content (AvgIpc) is 3.22. The van der Waals surface area contributed by atoms with Crippen LogP contribution in [0.2, 0.25) is 0 Å². The van der Waals surface area contributed by atoms with Gasteiger partial charge in [0.05, 0.1) is 18.1 Å². The molecule has 0 radical (unpaired) electrons. The molecule has 4 rings (SSSR count). The summed E-state index contributed by atoms with van der Waals surface area (Å²) in [4.78, 5) is 27.0. The Bertz CT molecular complexity index is 1140. The fourth-order valence-electron chi connectivity index (χ4n) is 4.32. The number of aryl methyl sites for hydroxylation is 1. The molecule has 2 aromatic rings. The molecule has 0 aromatic heterocycles. The lowest BCUT2D eigenvalue weighted by Crippen LogP contribution is -2.47. The molecule has 33 heavy (non-hydrogen) atoms. The van der Waals surface area contributed by atoms with Gasteiger partial charge in [-0.05, 0) is 41.3 Å². The molecule has 0 spiro atoms. The fraction of sp³-hybridized carbons (Fsp3) is 0.417. The monoisotopic (exact) mass is 471 g/mol. The highest BCUT2D eigenvalue weighted by Crippen LogP contribution is 2.35. The van der Waals surface area contributed by atoms with E-state index in [9.17, 15) is 18.0 Å². The zero-order valence-electron chi connectivity index (χ0n) is 18.9. The second kappa shape index (κ2) is 9.62. The minimum Gasteiger partial charge on any atom is -0.379 e. The SMILES string of the molecule is CCc1ccc(CNC(=O)[C@H]2Cc3cc(S(=O)(=O)N4CCOCC4)ccc3N2C(C)=O)cc1.